The molecule has 0 spiro atoms. The summed E-state index contributed by atoms with van der Waals surface area (Å²) in [5.41, 5.74) is 7.31. The summed E-state index contributed by atoms with van der Waals surface area (Å²) in [4.78, 5) is 6.93. The lowest BCUT2D eigenvalue weighted by Crippen LogP contribution is -2.27. The number of pyridine rings is 1. The number of aromatic nitrogens is 1. The third-order valence-corrected chi connectivity index (χ3v) is 4.28. The highest BCUT2D eigenvalue weighted by Crippen LogP contribution is 2.36. The second-order valence-corrected chi connectivity index (χ2v) is 7.05. The smallest absolute Gasteiger partial charge is 0.133 e. The summed E-state index contributed by atoms with van der Waals surface area (Å²) in [6, 6.07) is 2.08. The summed E-state index contributed by atoms with van der Waals surface area (Å²) in [6.07, 6.45) is 3.10. The Bertz CT molecular complexity index is 426. The van der Waals surface area contributed by atoms with E-state index in [0.29, 0.717) is 12.0 Å². The van der Waals surface area contributed by atoms with Crippen molar-refractivity contribution < 1.29 is 0 Å². The molecule has 4 heteroatoms. The minimum absolute atomic E-state index is 0.368. The first-order valence-electron chi connectivity index (χ1n) is 6.51. The molecule has 1 atom stereocenters. The average Bonchev–Trinajstić information content (AvgIpc) is 2.77. The van der Waals surface area contributed by atoms with Gasteiger partial charge < -0.3 is 10.6 Å². The van der Waals surface area contributed by atoms with E-state index in [4.69, 9.17) is 5.73 Å². The van der Waals surface area contributed by atoms with Crippen LogP contribution in [0.5, 0.6) is 0 Å². The van der Waals surface area contributed by atoms with Gasteiger partial charge in [0.1, 0.15) is 5.82 Å². The quantitative estimate of drug-likeness (QED) is 0.912. The van der Waals surface area contributed by atoms with Gasteiger partial charge in [-0.2, -0.15) is 0 Å². The van der Waals surface area contributed by atoms with Gasteiger partial charge in [-0.15, -0.1) is 0 Å². The molecule has 1 aliphatic heterocycles. The fourth-order valence-electron chi connectivity index (χ4n) is 2.57. The normalized spacial score (nSPS) is 20.5. The Morgan fingerprint density at radius 2 is 2.22 bits per heavy atom. The molecule has 1 saturated heterocycles. The van der Waals surface area contributed by atoms with Gasteiger partial charge in [-0.1, -0.05) is 20.8 Å². The van der Waals surface area contributed by atoms with E-state index < -0.39 is 0 Å². The Kier molecular flexibility index (Phi) is 3.97. The second-order valence-electron chi connectivity index (χ2n) is 6.14. The predicted molar refractivity (Wildman–Crippen MR) is 79.6 cm³/mol. The second kappa shape index (κ2) is 5.17. The highest BCUT2D eigenvalue weighted by Gasteiger charge is 2.32. The van der Waals surface area contributed by atoms with Crippen LogP contribution in [0.15, 0.2) is 16.7 Å². The van der Waals surface area contributed by atoms with Gasteiger partial charge in [-0.05, 0) is 39.8 Å². The van der Waals surface area contributed by atoms with Gasteiger partial charge in [-0.3, -0.25) is 0 Å². The highest BCUT2D eigenvalue weighted by atomic mass is 79.9. The molecule has 1 aliphatic rings. The van der Waals surface area contributed by atoms with E-state index in [9.17, 15) is 0 Å². The van der Waals surface area contributed by atoms with Gasteiger partial charge >= 0.3 is 0 Å². The number of rotatable bonds is 2. The van der Waals surface area contributed by atoms with E-state index in [1.54, 1.807) is 0 Å². The molecular weight excluding hydrogens is 290 g/mol. The van der Waals surface area contributed by atoms with Gasteiger partial charge in [0, 0.05) is 35.9 Å². The Labute approximate surface area is 118 Å². The molecule has 0 radical (unpaired) electrons. The standard InChI is InChI=1S/C14H22BrN3/c1-14(2,3)11-4-5-18(9-11)13-10(7-16)6-12(15)8-17-13/h6,8,11H,4-5,7,9,16H2,1-3H3. The molecule has 0 amide bonds. The van der Waals surface area contributed by atoms with E-state index in [-0.39, 0.29) is 0 Å². The third kappa shape index (κ3) is 2.86. The summed E-state index contributed by atoms with van der Waals surface area (Å²) < 4.78 is 0.998. The van der Waals surface area contributed by atoms with Crippen LogP contribution in [0.4, 0.5) is 5.82 Å². The number of halogens is 1. The average molecular weight is 312 g/mol. The van der Waals surface area contributed by atoms with Gasteiger partial charge in [-0.25, -0.2) is 4.98 Å². The zero-order chi connectivity index (χ0) is 13.3. The van der Waals surface area contributed by atoms with E-state index >= 15 is 0 Å². The van der Waals surface area contributed by atoms with Crippen LogP contribution in [0.3, 0.4) is 0 Å². The van der Waals surface area contributed by atoms with E-state index in [0.717, 1.165) is 34.9 Å². The number of hydrogen-bond donors (Lipinski definition) is 1. The summed E-state index contributed by atoms with van der Waals surface area (Å²) in [6.45, 7) is 9.67. The molecule has 2 N–H and O–H groups in total. The molecule has 0 bridgehead atoms. The van der Waals surface area contributed by atoms with E-state index in [1.807, 2.05) is 6.20 Å². The van der Waals surface area contributed by atoms with Crippen LogP contribution in [0.1, 0.15) is 32.8 Å². The number of nitrogens with two attached hydrogens (primary N) is 1. The van der Waals surface area contributed by atoms with Crippen LogP contribution in [0, 0.1) is 11.3 Å². The summed E-state index contributed by atoms with van der Waals surface area (Å²) in [7, 11) is 0. The van der Waals surface area contributed by atoms with E-state index in [1.165, 1.54) is 6.42 Å². The maximum absolute atomic E-state index is 5.82. The van der Waals surface area contributed by atoms with Crippen LogP contribution in [0.25, 0.3) is 0 Å². The molecule has 18 heavy (non-hydrogen) atoms. The lowest BCUT2D eigenvalue weighted by atomic mass is 9.80. The molecular formula is C14H22BrN3. The van der Waals surface area contributed by atoms with Crippen molar-refractivity contribution in [2.45, 2.75) is 33.7 Å². The Balaban J connectivity index is 2.19. The van der Waals surface area contributed by atoms with Crippen molar-refractivity contribution in [1.29, 1.82) is 0 Å². The molecule has 2 heterocycles. The molecule has 1 aromatic heterocycles. The van der Waals surface area contributed by atoms with Gasteiger partial charge in [0.05, 0.1) is 0 Å². The summed E-state index contributed by atoms with van der Waals surface area (Å²) >= 11 is 3.45. The Morgan fingerprint density at radius 1 is 1.50 bits per heavy atom. The minimum atomic E-state index is 0.368. The molecule has 2 rings (SSSR count). The molecule has 1 fully saturated rings. The Hall–Kier alpha value is -0.610. The van der Waals surface area contributed by atoms with Gasteiger partial charge in [0.2, 0.25) is 0 Å². The summed E-state index contributed by atoms with van der Waals surface area (Å²) in [5, 5.41) is 0. The largest absolute Gasteiger partial charge is 0.356 e. The molecule has 0 aromatic carbocycles. The monoisotopic (exact) mass is 311 g/mol. The molecule has 100 valence electrons. The molecule has 1 unspecified atom stereocenters. The van der Waals surface area contributed by atoms with Crippen molar-refractivity contribution in [2.24, 2.45) is 17.1 Å². The Morgan fingerprint density at radius 3 is 2.78 bits per heavy atom. The number of nitrogens with zero attached hydrogens (tertiary/aromatic N) is 2. The van der Waals surface area contributed by atoms with Crippen molar-refractivity contribution in [3.05, 3.63) is 22.3 Å². The first-order valence-corrected chi connectivity index (χ1v) is 7.30. The van der Waals surface area contributed by atoms with Crippen molar-refractivity contribution in [3.63, 3.8) is 0 Å². The van der Waals surface area contributed by atoms with Crippen LogP contribution in [-0.4, -0.2) is 18.1 Å². The topological polar surface area (TPSA) is 42.2 Å². The maximum Gasteiger partial charge on any atom is 0.133 e. The predicted octanol–water partition coefficient (Wildman–Crippen LogP) is 3.18. The number of anilines is 1. The highest BCUT2D eigenvalue weighted by molar-refractivity contribution is 9.10. The molecule has 3 nitrogen and oxygen atoms in total. The maximum atomic E-state index is 5.82. The lowest BCUT2D eigenvalue weighted by Gasteiger charge is -2.27. The zero-order valence-electron chi connectivity index (χ0n) is 11.4. The van der Waals surface area contributed by atoms with E-state index in [2.05, 4.69) is 52.7 Å². The van der Waals surface area contributed by atoms with Crippen molar-refractivity contribution in [3.8, 4) is 0 Å². The van der Waals surface area contributed by atoms with Crippen molar-refractivity contribution in [2.75, 3.05) is 18.0 Å². The first-order chi connectivity index (χ1) is 8.41. The summed E-state index contributed by atoms with van der Waals surface area (Å²) in [5.74, 6) is 1.79. The fraction of sp³-hybridized carbons (Fsp3) is 0.643. The zero-order valence-corrected chi connectivity index (χ0v) is 13.0. The molecule has 0 saturated carbocycles. The van der Waals surface area contributed by atoms with Crippen molar-refractivity contribution in [1.82, 2.24) is 4.98 Å². The number of hydrogen-bond acceptors (Lipinski definition) is 3. The van der Waals surface area contributed by atoms with Crippen LogP contribution >= 0.6 is 15.9 Å². The van der Waals surface area contributed by atoms with Gasteiger partial charge in [0.15, 0.2) is 0 Å². The first kappa shape index (κ1) is 13.8. The lowest BCUT2D eigenvalue weighted by molar-refractivity contribution is 0.263. The van der Waals surface area contributed by atoms with Crippen LogP contribution in [0.2, 0.25) is 0 Å². The SMILES string of the molecule is CC(C)(C)C1CCN(c2ncc(Br)cc2CN)C1. The molecule has 0 aliphatic carbocycles. The third-order valence-electron chi connectivity index (χ3n) is 3.84. The molecule has 1 aromatic rings. The van der Waals surface area contributed by atoms with Crippen LogP contribution < -0.4 is 10.6 Å². The minimum Gasteiger partial charge on any atom is -0.356 e. The fourth-order valence-corrected chi connectivity index (χ4v) is 2.95. The van der Waals surface area contributed by atoms with Crippen LogP contribution in [-0.2, 0) is 6.54 Å². The van der Waals surface area contributed by atoms with Gasteiger partial charge in [0.25, 0.3) is 0 Å². The van der Waals surface area contributed by atoms with Crippen molar-refractivity contribution >= 4 is 21.7 Å².